The molecular weight excluding hydrogens is 336 g/mol. The van der Waals surface area contributed by atoms with Gasteiger partial charge in [0.05, 0.1) is 0 Å². The van der Waals surface area contributed by atoms with Gasteiger partial charge in [-0.3, -0.25) is 4.79 Å². The van der Waals surface area contributed by atoms with Crippen molar-refractivity contribution >= 4 is 39.3 Å². The van der Waals surface area contributed by atoms with Crippen LogP contribution in [0.1, 0.15) is 26.7 Å². The largest absolute Gasteiger partial charge is 0.370 e. The Balaban J connectivity index is 3.20. The summed E-state index contributed by atoms with van der Waals surface area (Å²) in [7, 11) is 3.54. The first-order valence-electron chi connectivity index (χ1n) is 7.62. The number of carbonyl (C=O) groups excluding carboxylic acids is 1. The molecule has 22 heavy (non-hydrogen) atoms. The van der Waals surface area contributed by atoms with Gasteiger partial charge in [0.15, 0.2) is 0 Å². The number of ether oxygens (including phenoxy) is 1. The van der Waals surface area contributed by atoms with Crippen molar-refractivity contribution in [1.29, 1.82) is 0 Å². The number of carbonyl (C=O) groups is 1. The van der Waals surface area contributed by atoms with Gasteiger partial charge in [-0.05, 0) is 18.6 Å². The molecule has 2 N–H and O–H groups in total. The van der Waals surface area contributed by atoms with Gasteiger partial charge in [-0.1, -0.05) is 47.6 Å². The van der Waals surface area contributed by atoms with E-state index in [1.165, 1.54) is 0 Å². The van der Waals surface area contributed by atoms with E-state index in [-0.39, 0.29) is 5.91 Å². The van der Waals surface area contributed by atoms with Gasteiger partial charge in [-0.2, -0.15) is 0 Å². The molecule has 0 atom stereocenters. The van der Waals surface area contributed by atoms with Gasteiger partial charge in [-0.25, -0.2) is 0 Å². The molecule has 1 amide bonds. The Labute approximate surface area is 147 Å². The van der Waals surface area contributed by atoms with Crippen molar-refractivity contribution in [1.82, 2.24) is 10.6 Å². The van der Waals surface area contributed by atoms with Crippen LogP contribution < -0.4 is 10.6 Å². The molecule has 0 rings (SSSR count). The number of thioether (sulfide) groups is 1. The summed E-state index contributed by atoms with van der Waals surface area (Å²) >= 11 is 1.80. The Bertz CT molecular complexity index is 290. The van der Waals surface area contributed by atoms with Crippen LogP contribution in [0.2, 0.25) is 0 Å². The van der Waals surface area contributed by atoms with E-state index in [1.54, 1.807) is 22.6 Å². The minimum atomic E-state index is 0.0962. The molecule has 0 saturated carbocycles. The van der Waals surface area contributed by atoms with Crippen molar-refractivity contribution in [2.45, 2.75) is 26.7 Å². The molecule has 0 heterocycles. The summed E-state index contributed by atoms with van der Waals surface area (Å²) < 4.78 is 5.49. The van der Waals surface area contributed by atoms with Crippen molar-refractivity contribution in [2.75, 3.05) is 43.5 Å². The lowest BCUT2D eigenvalue weighted by Crippen LogP contribution is -2.23. The molecule has 0 aromatic heterocycles. The van der Waals surface area contributed by atoms with Crippen molar-refractivity contribution in [3.8, 4) is 0 Å². The van der Waals surface area contributed by atoms with E-state index in [2.05, 4.69) is 36.8 Å². The zero-order valence-electron chi connectivity index (χ0n) is 13.9. The highest BCUT2D eigenvalue weighted by Gasteiger charge is 1.99. The van der Waals surface area contributed by atoms with Crippen LogP contribution in [-0.2, 0) is 9.53 Å². The molecule has 7 heteroatoms. The first kappa shape index (κ1) is 22.2. The number of hydrogen-bond donors (Lipinski definition) is 2. The van der Waals surface area contributed by atoms with Gasteiger partial charge < -0.3 is 15.4 Å². The quantitative estimate of drug-likeness (QED) is 0.201. The summed E-state index contributed by atoms with van der Waals surface area (Å²) in [6, 6.07) is 0. The molecule has 0 unspecified atom stereocenters. The highest BCUT2D eigenvalue weighted by molar-refractivity contribution is 8.76. The third-order valence-corrected chi connectivity index (χ3v) is 5.04. The zero-order valence-corrected chi connectivity index (χ0v) is 16.4. The molecule has 0 aromatic carbocycles. The molecule has 0 aliphatic rings. The fraction of sp³-hybridized carbons (Fsp3) is 0.800. The zero-order chi connectivity index (χ0) is 16.5. The summed E-state index contributed by atoms with van der Waals surface area (Å²) in [5.74, 6) is 3.41. The van der Waals surface area contributed by atoms with E-state index in [4.69, 9.17) is 4.74 Å². The third kappa shape index (κ3) is 18.2. The fourth-order valence-electron chi connectivity index (χ4n) is 1.41. The number of nitrogens with one attached hydrogen (secondary N) is 2. The summed E-state index contributed by atoms with van der Waals surface area (Å²) in [6.07, 6.45) is 7.49. The second kappa shape index (κ2) is 17.5. The average molecular weight is 367 g/mol. The summed E-state index contributed by atoms with van der Waals surface area (Å²) in [6.45, 7) is 6.53. The van der Waals surface area contributed by atoms with Crippen molar-refractivity contribution in [2.24, 2.45) is 5.92 Å². The molecule has 0 spiro atoms. The summed E-state index contributed by atoms with van der Waals surface area (Å²) in [4.78, 5) is 11.5. The maximum absolute atomic E-state index is 11.5. The molecule has 4 nitrogen and oxygen atoms in total. The molecule has 130 valence electrons. The molecule has 0 radical (unpaired) electrons. The topological polar surface area (TPSA) is 50.4 Å². The maximum atomic E-state index is 11.5. The van der Waals surface area contributed by atoms with Gasteiger partial charge in [0, 0.05) is 37.7 Å². The van der Waals surface area contributed by atoms with Gasteiger partial charge >= 0.3 is 0 Å². The van der Waals surface area contributed by atoms with Gasteiger partial charge in [0.25, 0.3) is 0 Å². The molecule has 0 aliphatic carbocycles. The van der Waals surface area contributed by atoms with Gasteiger partial charge in [-0.15, -0.1) is 11.8 Å². The standard InChI is InChI=1S/C15H30N2O2S3/c1-14(2)6-4-8-17-15(18)7-5-10-19-13-22-21-11-9-16-12-20-3/h4,6,14,16H,5,7-13H2,1-3H3,(H,17,18)/b6-4+. The van der Waals surface area contributed by atoms with E-state index in [0.29, 0.717) is 31.4 Å². The Morgan fingerprint density at radius 3 is 2.86 bits per heavy atom. The third-order valence-electron chi connectivity index (χ3n) is 2.45. The van der Waals surface area contributed by atoms with E-state index < -0.39 is 0 Å². The van der Waals surface area contributed by atoms with E-state index in [9.17, 15) is 4.79 Å². The normalized spacial score (nSPS) is 11.5. The minimum Gasteiger partial charge on any atom is -0.370 e. The lowest BCUT2D eigenvalue weighted by Gasteiger charge is -2.05. The monoisotopic (exact) mass is 366 g/mol. The number of hydrogen-bond acceptors (Lipinski definition) is 6. The molecule has 0 saturated heterocycles. The first-order valence-corrected chi connectivity index (χ1v) is 11.5. The van der Waals surface area contributed by atoms with Crippen LogP contribution in [0.4, 0.5) is 0 Å². The second-order valence-corrected chi connectivity index (χ2v) is 8.37. The van der Waals surface area contributed by atoms with E-state index in [0.717, 1.165) is 24.6 Å². The van der Waals surface area contributed by atoms with E-state index in [1.807, 2.05) is 16.9 Å². The van der Waals surface area contributed by atoms with Crippen LogP contribution in [0.15, 0.2) is 12.2 Å². The second-order valence-electron chi connectivity index (χ2n) is 4.98. The van der Waals surface area contributed by atoms with Crippen LogP contribution in [-0.4, -0.2) is 49.4 Å². The smallest absolute Gasteiger partial charge is 0.220 e. The van der Waals surface area contributed by atoms with Crippen molar-refractivity contribution in [3.05, 3.63) is 12.2 Å². The fourth-order valence-corrected chi connectivity index (χ4v) is 3.37. The molecular formula is C15H30N2O2S3. The Hall–Kier alpha value is 0.180. The lowest BCUT2D eigenvalue weighted by atomic mass is 10.2. The molecule has 0 aromatic rings. The van der Waals surface area contributed by atoms with Crippen LogP contribution in [0, 0.1) is 5.92 Å². The highest BCUT2D eigenvalue weighted by atomic mass is 33.1. The van der Waals surface area contributed by atoms with Crippen LogP contribution in [0.5, 0.6) is 0 Å². The Kier molecular flexibility index (Phi) is 17.7. The molecule has 0 bridgehead atoms. The highest BCUT2D eigenvalue weighted by Crippen LogP contribution is 2.20. The van der Waals surface area contributed by atoms with Crippen molar-refractivity contribution in [3.63, 3.8) is 0 Å². The minimum absolute atomic E-state index is 0.0962. The Morgan fingerprint density at radius 1 is 1.32 bits per heavy atom. The Morgan fingerprint density at radius 2 is 2.14 bits per heavy atom. The molecule has 0 fully saturated rings. The number of rotatable bonds is 15. The van der Waals surface area contributed by atoms with Crippen molar-refractivity contribution < 1.29 is 9.53 Å². The lowest BCUT2D eigenvalue weighted by molar-refractivity contribution is -0.121. The number of allylic oxidation sites excluding steroid dienone is 1. The summed E-state index contributed by atoms with van der Waals surface area (Å²) in [5.41, 5.74) is 0. The van der Waals surface area contributed by atoms with E-state index >= 15 is 0 Å². The first-order chi connectivity index (χ1) is 10.7. The van der Waals surface area contributed by atoms with Gasteiger partial charge in [0.2, 0.25) is 5.91 Å². The maximum Gasteiger partial charge on any atom is 0.220 e. The van der Waals surface area contributed by atoms with Crippen LogP contribution >= 0.6 is 33.3 Å². The summed E-state index contributed by atoms with van der Waals surface area (Å²) in [5, 5.41) is 6.20. The number of amides is 1. The SMILES string of the molecule is CSCNCCSSCOCCCC(=O)NC/C=C/C(C)C. The average Bonchev–Trinajstić information content (AvgIpc) is 2.49. The predicted octanol–water partition coefficient (Wildman–Crippen LogP) is 3.36. The predicted molar refractivity (Wildman–Crippen MR) is 103 cm³/mol. The molecule has 0 aliphatic heterocycles. The van der Waals surface area contributed by atoms with Gasteiger partial charge in [0.1, 0.15) is 5.94 Å². The van der Waals surface area contributed by atoms with Crippen LogP contribution in [0.25, 0.3) is 0 Å². The van der Waals surface area contributed by atoms with Crippen LogP contribution in [0.3, 0.4) is 0 Å².